The van der Waals surface area contributed by atoms with Crippen molar-refractivity contribution in [2.24, 2.45) is 5.92 Å². The minimum atomic E-state index is -0.396. The fourth-order valence-corrected chi connectivity index (χ4v) is 4.73. The Hall–Kier alpha value is -3.18. The molecular formula is C23H23BrFN7O2. The van der Waals surface area contributed by atoms with Gasteiger partial charge in [0, 0.05) is 37.2 Å². The van der Waals surface area contributed by atoms with Crippen molar-refractivity contribution in [2.75, 3.05) is 25.6 Å². The summed E-state index contributed by atoms with van der Waals surface area (Å²) in [5, 5.41) is 12.3. The topological polar surface area (TPSA) is 107 Å². The maximum atomic E-state index is 13.7. The zero-order chi connectivity index (χ0) is 23.7. The van der Waals surface area contributed by atoms with Gasteiger partial charge in [0.25, 0.3) is 0 Å². The number of fused-ring (bicyclic) bond motifs is 2. The molecule has 5 rings (SSSR count). The molecule has 0 radical (unpaired) electrons. The standard InChI is InChI=1S/C23H23BrFN7O2/c1-34-7-6-26-22(33)13-2-3-16(9-13)29-23-28-12-18-20(24)31-32(21(18)30-23)17-4-5-19-14(10-17)8-15(25)11-27-19/h4-5,8,10-13,16H,2-3,6-7,9H2,1H3,(H,26,33)(H,28,29,30)/t13-,16-/m1/s1. The van der Waals surface area contributed by atoms with Gasteiger partial charge < -0.3 is 15.4 Å². The lowest BCUT2D eigenvalue weighted by Gasteiger charge is -2.14. The maximum Gasteiger partial charge on any atom is 0.224 e. The quantitative estimate of drug-likeness (QED) is 0.353. The Morgan fingerprint density at radius 2 is 2.15 bits per heavy atom. The number of nitrogens with zero attached hydrogens (tertiary/aromatic N) is 5. The zero-order valence-electron chi connectivity index (χ0n) is 18.5. The Bertz CT molecular complexity index is 1360. The largest absolute Gasteiger partial charge is 0.383 e. The molecule has 3 heterocycles. The highest BCUT2D eigenvalue weighted by atomic mass is 79.9. The van der Waals surface area contributed by atoms with E-state index < -0.39 is 5.82 Å². The van der Waals surface area contributed by atoms with Gasteiger partial charge in [0.15, 0.2) is 5.65 Å². The first-order valence-electron chi connectivity index (χ1n) is 11.0. The van der Waals surface area contributed by atoms with Crippen LogP contribution in [0.25, 0.3) is 27.6 Å². The van der Waals surface area contributed by atoms with E-state index in [2.05, 4.69) is 41.6 Å². The highest BCUT2D eigenvalue weighted by molar-refractivity contribution is 9.10. The molecule has 0 saturated heterocycles. The second-order valence-electron chi connectivity index (χ2n) is 8.30. The van der Waals surface area contributed by atoms with E-state index in [1.807, 2.05) is 18.2 Å². The summed E-state index contributed by atoms with van der Waals surface area (Å²) >= 11 is 3.48. The summed E-state index contributed by atoms with van der Waals surface area (Å²) in [5.74, 6) is 0.0959. The van der Waals surface area contributed by atoms with Gasteiger partial charge in [0.05, 0.1) is 29.4 Å². The number of aromatic nitrogens is 5. The van der Waals surface area contributed by atoms with Crippen molar-refractivity contribution in [3.05, 3.63) is 47.1 Å². The van der Waals surface area contributed by atoms with Crippen LogP contribution in [0.5, 0.6) is 0 Å². The molecule has 34 heavy (non-hydrogen) atoms. The molecule has 2 N–H and O–H groups in total. The molecule has 1 aliphatic carbocycles. The number of hydrogen-bond donors (Lipinski definition) is 2. The van der Waals surface area contributed by atoms with Crippen LogP contribution in [-0.2, 0) is 9.53 Å². The van der Waals surface area contributed by atoms with Crippen LogP contribution in [0.3, 0.4) is 0 Å². The fourth-order valence-electron chi connectivity index (χ4n) is 4.30. The molecule has 3 aromatic heterocycles. The third-order valence-corrected chi connectivity index (χ3v) is 6.58. The number of carbonyl (C=O) groups is 1. The van der Waals surface area contributed by atoms with Crippen LogP contribution in [0.15, 0.2) is 41.3 Å². The summed E-state index contributed by atoms with van der Waals surface area (Å²) in [6.07, 6.45) is 5.29. The van der Waals surface area contributed by atoms with Gasteiger partial charge in [-0.25, -0.2) is 14.1 Å². The van der Waals surface area contributed by atoms with Crippen LogP contribution in [0.2, 0.25) is 0 Å². The maximum absolute atomic E-state index is 13.7. The van der Waals surface area contributed by atoms with Gasteiger partial charge in [0.1, 0.15) is 10.4 Å². The summed E-state index contributed by atoms with van der Waals surface area (Å²) in [7, 11) is 1.61. The second kappa shape index (κ2) is 9.59. The number of amides is 1. The predicted molar refractivity (Wildman–Crippen MR) is 129 cm³/mol. The van der Waals surface area contributed by atoms with Gasteiger partial charge >= 0.3 is 0 Å². The lowest BCUT2D eigenvalue weighted by Crippen LogP contribution is -2.32. The molecule has 9 nitrogen and oxygen atoms in total. The molecule has 1 saturated carbocycles. The van der Waals surface area contributed by atoms with Gasteiger partial charge in [-0.15, -0.1) is 0 Å². The van der Waals surface area contributed by atoms with E-state index in [9.17, 15) is 9.18 Å². The van der Waals surface area contributed by atoms with Crippen LogP contribution < -0.4 is 10.6 Å². The molecule has 4 aromatic rings. The lowest BCUT2D eigenvalue weighted by atomic mass is 10.1. The zero-order valence-corrected chi connectivity index (χ0v) is 20.0. The number of halogens is 2. The van der Waals surface area contributed by atoms with Gasteiger partial charge in [-0.2, -0.15) is 10.1 Å². The molecule has 1 aromatic carbocycles. The molecular weight excluding hydrogens is 505 g/mol. The number of benzene rings is 1. The number of ether oxygens (including phenoxy) is 1. The van der Waals surface area contributed by atoms with Crippen LogP contribution in [0, 0.1) is 11.7 Å². The Kier molecular flexibility index (Phi) is 6.38. The summed E-state index contributed by atoms with van der Waals surface area (Å²) in [4.78, 5) is 25.6. The third-order valence-electron chi connectivity index (χ3n) is 6.00. The first-order valence-corrected chi connectivity index (χ1v) is 11.8. The van der Waals surface area contributed by atoms with Crippen LogP contribution in [-0.4, -0.2) is 56.9 Å². The molecule has 0 spiro atoms. The van der Waals surface area contributed by atoms with E-state index in [1.54, 1.807) is 18.0 Å². The number of rotatable bonds is 7. The van der Waals surface area contributed by atoms with Gasteiger partial charge in [-0.05, 0) is 59.5 Å². The van der Waals surface area contributed by atoms with Gasteiger partial charge in [0.2, 0.25) is 11.9 Å². The van der Waals surface area contributed by atoms with Crippen molar-refractivity contribution < 1.29 is 13.9 Å². The summed E-state index contributed by atoms with van der Waals surface area (Å²) in [6, 6.07) is 7.05. The van der Waals surface area contributed by atoms with Gasteiger partial charge in [-0.3, -0.25) is 9.78 Å². The monoisotopic (exact) mass is 527 g/mol. The third kappa shape index (κ3) is 4.58. The smallest absolute Gasteiger partial charge is 0.224 e. The SMILES string of the molecule is COCCNC(=O)[C@@H]1CC[C@@H](Nc2ncc3c(Br)nn(-c4ccc5ncc(F)cc5c4)c3n2)C1. The van der Waals surface area contributed by atoms with Gasteiger partial charge in [-0.1, -0.05) is 0 Å². The molecule has 0 aliphatic heterocycles. The average Bonchev–Trinajstić information content (AvgIpc) is 3.43. The van der Waals surface area contributed by atoms with Crippen molar-refractivity contribution in [3.8, 4) is 5.69 Å². The van der Waals surface area contributed by atoms with Crippen molar-refractivity contribution in [1.29, 1.82) is 0 Å². The van der Waals surface area contributed by atoms with E-state index in [4.69, 9.17) is 9.72 Å². The Morgan fingerprint density at radius 3 is 3.00 bits per heavy atom. The summed E-state index contributed by atoms with van der Waals surface area (Å²) in [5.41, 5.74) is 2.04. The van der Waals surface area contributed by atoms with Crippen LogP contribution in [0.1, 0.15) is 19.3 Å². The highest BCUT2D eigenvalue weighted by Gasteiger charge is 2.30. The van der Waals surface area contributed by atoms with E-state index in [0.29, 0.717) is 46.7 Å². The first-order chi connectivity index (χ1) is 16.5. The minimum absolute atomic E-state index is 0.0376. The van der Waals surface area contributed by atoms with E-state index in [-0.39, 0.29) is 17.9 Å². The first kappa shape index (κ1) is 22.6. The van der Waals surface area contributed by atoms with Crippen molar-refractivity contribution in [2.45, 2.75) is 25.3 Å². The van der Waals surface area contributed by atoms with Crippen molar-refractivity contribution in [1.82, 2.24) is 30.0 Å². The molecule has 176 valence electrons. The molecule has 1 amide bonds. The summed E-state index contributed by atoms with van der Waals surface area (Å²) in [6.45, 7) is 1.01. The van der Waals surface area contributed by atoms with E-state index >= 15 is 0 Å². The van der Waals surface area contributed by atoms with Crippen molar-refractivity contribution >= 4 is 49.7 Å². The number of methoxy groups -OCH3 is 1. The molecule has 1 aliphatic rings. The highest BCUT2D eigenvalue weighted by Crippen LogP contribution is 2.30. The number of hydrogen-bond acceptors (Lipinski definition) is 7. The molecule has 2 atom stereocenters. The molecule has 1 fully saturated rings. The Morgan fingerprint density at radius 1 is 1.26 bits per heavy atom. The Labute approximate surface area is 203 Å². The van der Waals surface area contributed by atoms with Crippen molar-refractivity contribution in [3.63, 3.8) is 0 Å². The number of nitrogens with one attached hydrogen (secondary N) is 2. The number of carbonyl (C=O) groups excluding carboxylic acids is 1. The average molecular weight is 528 g/mol. The second-order valence-corrected chi connectivity index (χ2v) is 9.05. The minimum Gasteiger partial charge on any atom is -0.383 e. The van der Waals surface area contributed by atoms with E-state index in [0.717, 1.165) is 23.9 Å². The predicted octanol–water partition coefficient (Wildman–Crippen LogP) is 3.61. The normalized spacial score (nSPS) is 18.0. The molecule has 11 heteroatoms. The van der Waals surface area contributed by atoms with Crippen LogP contribution in [0.4, 0.5) is 10.3 Å². The lowest BCUT2D eigenvalue weighted by molar-refractivity contribution is -0.125. The summed E-state index contributed by atoms with van der Waals surface area (Å²) < 4.78 is 21.0. The fraction of sp³-hybridized carbons (Fsp3) is 0.348. The van der Waals surface area contributed by atoms with E-state index in [1.165, 1.54) is 12.3 Å². The Balaban J connectivity index is 1.37. The molecule has 0 unspecified atom stereocenters. The van der Waals surface area contributed by atoms with Crippen LogP contribution >= 0.6 is 15.9 Å². The molecule has 0 bridgehead atoms. The number of pyridine rings is 1. The number of anilines is 1.